The van der Waals surface area contributed by atoms with Crippen LogP contribution in [0.5, 0.6) is 5.75 Å². The van der Waals surface area contributed by atoms with Gasteiger partial charge in [-0.3, -0.25) is 4.79 Å². The van der Waals surface area contributed by atoms with Gasteiger partial charge in [-0.25, -0.2) is 0 Å². The first-order chi connectivity index (χ1) is 8.54. The second-order valence-corrected chi connectivity index (χ2v) is 4.27. The van der Waals surface area contributed by atoms with E-state index < -0.39 is 0 Å². The quantitative estimate of drug-likeness (QED) is 0.737. The van der Waals surface area contributed by atoms with Crippen LogP contribution in [0, 0.1) is 0 Å². The number of carbonyl (C=O) groups excluding carboxylic acids is 1. The van der Waals surface area contributed by atoms with Crippen molar-refractivity contribution in [2.75, 3.05) is 25.5 Å². The van der Waals surface area contributed by atoms with Crippen molar-refractivity contribution in [3.05, 3.63) is 24.3 Å². The number of hydrogen-bond acceptors (Lipinski definition) is 4. The summed E-state index contributed by atoms with van der Waals surface area (Å²) in [5.74, 6) is 0.414. The summed E-state index contributed by atoms with van der Waals surface area (Å²) in [5, 5.41) is 8.90. The summed E-state index contributed by atoms with van der Waals surface area (Å²) in [4.78, 5) is 13.5. The maximum absolute atomic E-state index is 11.9. The number of carbonyl (C=O) groups is 1. The number of rotatable bonds is 6. The SMILES string of the molecule is CC(C)N(CCO)C(=O)COc1cccc(N)c1. The predicted molar refractivity (Wildman–Crippen MR) is 70.3 cm³/mol. The normalized spacial score (nSPS) is 10.4. The number of anilines is 1. The topological polar surface area (TPSA) is 75.8 Å². The Morgan fingerprint density at radius 1 is 1.50 bits per heavy atom. The summed E-state index contributed by atoms with van der Waals surface area (Å²) >= 11 is 0. The number of aliphatic hydroxyl groups excluding tert-OH is 1. The minimum atomic E-state index is -0.151. The van der Waals surface area contributed by atoms with Crippen LogP contribution in [0.4, 0.5) is 5.69 Å². The van der Waals surface area contributed by atoms with Crippen LogP contribution in [-0.2, 0) is 4.79 Å². The van der Waals surface area contributed by atoms with Gasteiger partial charge in [0.2, 0.25) is 0 Å². The Bertz CT molecular complexity index is 394. The Morgan fingerprint density at radius 3 is 2.78 bits per heavy atom. The number of nitrogens with two attached hydrogens (primary N) is 1. The molecule has 0 aliphatic carbocycles. The number of ether oxygens (including phenoxy) is 1. The van der Waals surface area contributed by atoms with Gasteiger partial charge in [0.05, 0.1) is 6.61 Å². The summed E-state index contributed by atoms with van der Waals surface area (Å²) in [6.45, 7) is 4.00. The molecule has 0 atom stereocenters. The number of benzene rings is 1. The second kappa shape index (κ2) is 6.86. The van der Waals surface area contributed by atoms with E-state index in [1.807, 2.05) is 13.8 Å². The van der Waals surface area contributed by atoms with E-state index in [2.05, 4.69) is 0 Å². The minimum Gasteiger partial charge on any atom is -0.484 e. The van der Waals surface area contributed by atoms with Gasteiger partial charge in [-0.15, -0.1) is 0 Å². The van der Waals surface area contributed by atoms with Crippen molar-refractivity contribution in [3.8, 4) is 5.75 Å². The third-order valence-electron chi connectivity index (χ3n) is 2.50. The monoisotopic (exact) mass is 252 g/mol. The maximum Gasteiger partial charge on any atom is 0.260 e. The van der Waals surface area contributed by atoms with Crippen LogP contribution >= 0.6 is 0 Å². The zero-order chi connectivity index (χ0) is 13.5. The van der Waals surface area contributed by atoms with Crippen LogP contribution in [0.3, 0.4) is 0 Å². The molecule has 0 aliphatic heterocycles. The molecule has 3 N–H and O–H groups in total. The first-order valence-electron chi connectivity index (χ1n) is 5.93. The highest BCUT2D eigenvalue weighted by Gasteiger charge is 2.16. The summed E-state index contributed by atoms with van der Waals surface area (Å²) in [6, 6.07) is 6.97. The average Bonchev–Trinajstić information content (AvgIpc) is 2.32. The molecule has 1 aromatic carbocycles. The van der Waals surface area contributed by atoms with Crippen LogP contribution in [0.2, 0.25) is 0 Å². The molecule has 1 aromatic rings. The molecule has 5 nitrogen and oxygen atoms in total. The molecule has 0 heterocycles. The second-order valence-electron chi connectivity index (χ2n) is 4.27. The van der Waals surface area contributed by atoms with Gasteiger partial charge in [0, 0.05) is 24.3 Å². The fraction of sp³-hybridized carbons (Fsp3) is 0.462. The smallest absolute Gasteiger partial charge is 0.260 e. The molecule has 1 amide bonds. The van der Waals surface area contributed by atoms with Crippen molar-refractivity contribution < 1.29 is 14.6 Å². The number of aliphatic hydroxyl groups is 1. The Labute approximate surface area is 107 Å². The Morgan fingerprint density at radius 2 is 2.22 bits per heavy atom. The van der Waals surface area contributed by atoms with E-state index in [1.54, 1.807) is 29.2 Å². The Hall–Kier alpha value is -1.75. The molecule has 18 heavy (non-hydrogen) atoms. The summed E-state index contributed by atoms with van der Waals surface area (Å²) < 4.78 is 5.37. The van der Waals surface area contributed by atoms with Gasteiger partial charge in [-0.05, 0) is 26.0 Å². The van der Waals surface area contributed by atoms with E-state index in [4.69, 9.17) is 15.6 Å². The molecule has 5 heteroatoms. The molecular weight excluding hydrogens is 232 g/mol. The van der Waals surface area contributed by atoms with Crippen LogP contribution in [-0.4, -0.2) is 41.7 Å². The van der Waals surface area contributed by atoms with Crippen molar-refractivity contribution in [1.82, 2.24) is 4.90 Å². The first kappa shape index (κ1) is 14.3. The van der Waals surface area contributed by atoms with Gasteiger partial charge >= 0.3 is 0 Å². The van der Waals surface area contributed by atoms with Crippen molar-refractivity contribution in [2.45, 2.75) is 19.9 Å². The lowest BCUT2D eigenvalue weighted by Gasteiger charge is -2.25. The average molecular weight is 252 g/mol. The molecule has 0 saturated carbocycles. The van der Waals surface area contributed by atoms with Gasteiger partial charge in [0.1, 0.15) is 5.75 Å². The van der Waals surface area contributed by atoms with Crippen molar-refractivity contribution >= 4 is 11.6 Å². The lowest BCUT2D eigenvalue weighted by Crippen LogP contribution is -2.41. The number of amides is 1. The molecule has 0 aliphatic rings. The maximum atomic E-state index is 11.9. The molecule has 1 rings (SSSR count). The summed E-state index contributed by atoms with van der Waals surface area (Å²) in [6.07, 6.45) is 0. The van der Waals surface area contributed by atoms with E-state index in [0.29, 0.717) is 18.0 Å². The Balaban J connectivity index is 2.54. The minimum absolute atomic E-state index is 0.0362. The third kappa shape index (κ3) is 4.25. The van der Waals surface area contributed by atoms with Crippen LogP contribution in [0.15, 0.2) is 24.3 Å². The summed E-state index contributed by atoms with van der Waals surface area (Å²) in [7, 11) is 0. The van der Waals surface area contributed by atoms with E-state index >= 15 is 0 Å². The van der Waals surface area contributed by atoms with Gasteiger partial charge in [-0.1, -0.05) is 6.07 Å². The van der Waals surface area contributed by atoms with E-state index in [9.17, 15) is 4.79 Å². The van der Waals surface area contributed by atoms with Crippen molar-refractivity contribution in [2.24, 2.45) is 0 Å². The van der Waals surface area contributed by atoms with Crippen LogP contribution in [0.1, 0.15) is 13.8 Å². The Kier molecular flexibility index (Phi) is 5.45. The standard InChI is InChI=1S/C13H20N2O3/c1-10(2)15(6-7-16)13(17)9-18-12-5-3-4-11(14)8-12/h3-5,8,10,16H,6-7,9,14H2,1-2H3. The number of hydrogen-bond donors (Lipinski definition) is 2. The number of nitrogens with zero attached hydrogens (tertiary/aromatic N) is 1. The van der Waals surface area contributed by atoms with E-state index in [-0.39, 0.29) is 25.2 Å². The summed E-state index contributed by atoms with van der Waals surface area (Å²) in [5.41, 5.74) is 6.21. The highest BCUT2D eigenvalue weighted by molar-refractivity contribution is 5.78. The molecule has 100 valence electrons. The van der Waals surface area contributed by atoms with E-state index in [1.165, 1.54) is 0 Å². The van der Waals surface area contributed by atoms with Crippen molar-refractivity contribution in [3.63, 3.8) is 0 Å². The fourth-order valence-electron chi connectivity index (χ4n) is 1.61. The lowest BCUT2D eigenvalue weighted by molar-refractivity contribution is -0.135. The molecule has 0 unspecified atom stereocenters. The number of nitrogen functional groups attached to an aromatic ring is 1. The molecular formula is C13H20N2O3. The molecule has 0 fully saturated rings. The highest BCUT2D eigenvalue weighted by atomic mass is 16.5. The van der Waals surface area contributed by atoms with Gasteiger partial charge in [0.15, 0.2) is 6.61 Å². The highest BCUT2D eigenvalue weighted by Crippen LogP contribution is 2.14. The third-order valence-corrected chi connectivity index (χ3v) is 2.50. The molecule has 0 aromatic heterocycles. The fourth-order valence-corrected chi connectivity index (χ4v) is 1.61. The van der Waals surface area contributed by atoms with Gasteiger partial charge in [0.25, 0.3) is 5.91 Å². The zero-order valence-corrected chi connectivity index (χ0v) is 10.8. The molecule has 0 spiro atoms. The van der Waals surface area contributed by atoms with Gasteiger partial charge < -0.3 is 20.5 Å². The largest absolute Gasteiger partial charge is 0.484 e. The van der Waals surface area contributed by atoms with Crippen molar-refractivity contribution in [1.29, 1.82) is 0 Å². The molecule has 0 saturated heterocycles. The molecule has 0 radical (unpaired) electrons. The predicted octanol–water partition coefficient (Wildman–Crippen LogP) is 0.877. The van der Waals surface area contributed by atoms with Crippen LogP contribution in [0.25, 0.3) is 0 Å². The van der Waals surface area contributed by atoms with Crippen LogP contribution < -0.4 is 10.5 Å². The molecule has 0 bridgehead atoms. The lowest BCUT2D eigenvalue weighted by atomic mass is 10.3. The first-order valence-corrected chi connectivity index (χ1v) is 5.93. The van der Waals surface area contributed by atoms with Gasteiger partial charge in [-0.2, -0.15) is 0 Å². The van der Waals surface area contributed by atoms with E-state index in [0.717, 1.165) is 0 Å². The zero-order valence-electron chi connectivity index (χ0n) is 10.8.